The highest BCUT2D eigenvalue weighted by molar-refractivity contribution is 5.44. The summed E-state index contributed by atoms with van der Waals surface area (Å²) >= 11 is 0. The van der Waals surface area contributed by atoms with Gasteiger partial charge in [-0.25, -0.2) is 4.68 Å². The summed E-state index contributed by atoms with van der Waals surface area (Å²) in [5, 5.41) is 13.9. The topological polar surface area (TPSA) is 38.0 Å². The average Bonchev–Trinajstić information content (AvgIpc) is 2.98. The average molecular weight is 214 g/mol. The lowest BCUT2D eigenvalue weighted by Crippen LogP contribution is -1.98. The Labute approximate surface area is 94.3 Å². The van der Waals surface area contributed by atoms with E-state index in [1.165, 1.54) is 18.5 Å². The van der Waals surface area contributed by atoms with Crippen LogP contribution in [0.15, 0.2) is 30.5 Å². The van der Waals surface area contributed by atoms with Crippen molar-refractivity contribution in [3.8, 4) is 11.4 Å². The van der Waals surface area contributed by atoms with E-state index in [1.54, 1.807) is 12.1 Å². The summed E-state index contributed by atoms with van der Waals surface area (Å²) in [5.74, 6) is 0.981. The molecule has 0 radical (unpaired) electrons. The molecule has 0 saturated heterocycles. The standard InChI is InChI=1S/C13H14N2O/c1-9-8-11(16)4-5-13(9)15-7-6-12(14-15)10-2-3-10/h4-8,10,16H,2-3H2,1H3. The van der Waals surface area contributed by atoms with Crippen LogP contribution in [0.2, 0.25) is 0 Å². The van der Waals surface area contributed by atoms with E-state index >= 15 is 0 Å². The van der Waals surface area contributed by atoms with Crippen LogP contribution in [0.5, 0.6) is 5.75 Å². The smallest absolute Gasteiger partial charge is 0.115 e. The summed E-state index contributed by atoms with van der Waals surface area (Å²) in [6.07, 6.45) is 4.53. The number of benzene rings is 1. The molecule has 0 unspecified atom stereocenters. The quantitative estimate of drug-likeness (QED) is 0.834. The van der Waals surface area contributed by atoms with Crippen molar-refractivity contribution in [1.29, 1.82) is 0 Å². The molecular weight excluding hydrogens is 200 g/mol. The number of aromatic nitrogens is 2. The van der Waals surface area contributed by atoms with E-state index in [2.05, 4.69) is 11.2 Å². The van der Waals surface area contributed by atoms with Crippen LogP contribution in [0.3, 0.4) is 0 Å². The summed E-state index contributed by atoms with van der Waals surface area (Å²) in [4.78, 5) is 0. The maximum Gasteiger partial charge on any atom is 0.115 e. The third kappa shape index (κ3) is 1.58. The monoisotopic (exact) mass is 214 g/mol. The summed E-state index contributed by atoms with van der Waals surface area (Å²) < 4.78 is 1.89. The van der Waals surface area contributed by atoms with Crippen molar-refractivity contribution < 1.29 is 5.11 Å². The van der Waals surface area contributed by atoms with Crippen molar-refractivity contribution in [2.45, 2.75) is 25.7 Å². The lowest BCUT2D eigenvalue weighted by Gasteiger charge is -2.05. The number of phenolic OH excluding ortho intramolecular Hbond substituents is 1. The lowest BCUT2D eigenvalue weighted by molar-refractivity contribution is 0.474. The first kappa shape index (κ1) is 9.46. The highest BCUT2D eigenvalue weighted by Crippen LogP contribution is 2.39. The number of nitrogens with zero attached hydrogens (tertiary/aromatic N) is 2. The molecule has 1 N–H and O–H groups in total. The second kappa shape index (κ2) is 3.37. The molecule has 0 bridgehead atoms. The van der Waals surface area contributed by atoms with Crippen molar-refractivity contribution in [3.63, 3.8) is 0 Å². The third-order valence-electron chi connectivity index (χ3n) is 3.03. The molecule has 1 fully saturated rings. The van der Waals surface area contributed by atoms with Crippen LogP contribution >= 0.6 is 0 Å². The third-order valence-corrected chi connectivity index (χ3v) is 3.03. The second-order valence-corrected chi connectivity index (χ2v) is 4.43. The van der Waals surface area contributed by atoms with Gasteiger partial charge in [0.25, 0.3) is 0 Å². The Kier molecular flexibility index (Phi) is 1.99. The zero-order valence-electron chi connectivity index (χ0n) is 9.22. The first-order valence-electron chi connectivity index (χ1n) is 5.59. The molecule has 1 aliphatic rings. The van der Waals surface area contributed by atoms with E-state index in [1.807, 2.05) is 23.9 Å². The van der Waals surface area contributed by atoms with Crippen LogP contribution < -0.4 is 0 Å². The Morgan fingerprint density at radius 1 is 1.31 bits per heavy atom. The van der Waals surface area contributed by atoms with Gasteiger partial charge in [0.1, 0.15) is 5.75 Å². The number of aryl methyl sites for hydroxylation is 1. The Bertz CT molecular complexity index is 526. The fourth-order valence-electron chi connectivity index (χ4n) is 1.97. The van der Waals surface area contributed by atoms with Gasteiger partial charge in [-0.1, -0.05) is 0 Å². The van der Waals surface area contributed by atoms with Gasteiger partial charge in [-0.2, -0.15) is 5.10 Å². The van der Waals surface area contributed by atoms with Crippen molar-refractivity contribution >= 4 is 0 Å². The predicted octanol–water partition coefficient (Wildman–Crippen LogP) is 2.76. The van der Waals surface area contributed by atoms with Crippen molar-refractivity contribution in [2.75, 3.05) is 0 Å². The second-order valence-electron chi connectivity index (χ2n) is 4.43. The molecular formula is C13H14N2O. The summed E-state index contributed by atoms with van der Waals surface area (Å²) in [7, 11) is 0. The number of hydrogen-bond donors (Lipinski definition) is 1. The SMILES string of the molecule is Cc1cc(O)ccc1-n1ccc(C2CC2)n1. The zero-order chi connectivity index (χ0) is 11.1. The fourth-order valence-corrected chi connectivity index (χ4v) is 1.97. The van der Waals surface area contributed by atoms with Gasteiger partial charge in [-0.15, -0.1) is 0 Å². The van der Waals surface area contributed by atoms with Gasteiger partial charge >= 0.3 is 0 Å². The van der Waals surface area contributed by atoms with E-state index in [0.717, 1.165) is 11.3 Å². The van der Waals surface area contributed by atoms with Crippen molar-refractivity contribution in [3.05, 3.63) is 41.7 Å². The van der Waals surface area contributed by atoms with Crippen molar-refractivity contribution in [2.24, 2.45) is 0 Å². The molecule has 0 amide bonds. The van der Waals surface area contributed by atoms with Crippen molar-refractivity contribution in [1.82, 2.24) is 9.78 Å². The van der Waals surface area contributed by atoms with Gasteiger partial charge in [0.05, 0.1) is 11.4 Å². The maximum atomic E-state index is 9.36. The molecule has 1 aromatic carbocycles. The van der Waals surface area contributed by atoms with Crippen LogP contribution in [0.4, 0.5) is 0 Å². The number of rotatable bonds is 2. The van der Waals surface area contributed by atoms with Gasteiger partial charge in [-0.3, -0.25) is 0 Å². The van der Waals surface area contributed by atoms with Gasteiger partial charge in [0, 0.05) is 12.1 Å². The summed E-state index contributed by atoms with van der Waals surface area (Å²) in [5.41, 5.74) is 3.25. The van der Waals surface area contributed by atoms with E-state index in [9.17, 15) is 5.11 Å². The minimum absolute atomic E-state index is 0.302. The number of phenols is 1. The Morgan fingerprint density at radius 3 is 2.81 bits per heavy atom. The van der Waals surface area contributed by atoms with E-state index < -0.39 is 0 Å². The molecule has 82 valence electrons. The molecule has 3 heteroatoms. The van der Waals surface area contributed by atoms with Crippen LogP contribution in [-0.4, -0.2) is 14.9 Å². The summed E-state index contributed by atoms with van der Waals surface area (Å²) in [6, 6.07) is 7.44. The molecule has 2 aromatic rings. The van der Waals surface area contributed by atoms with Gasteiger partial charge in [-0.05, 0) is 49.6 Å². The number of aromatic hydroxyl groups is 1. The first-order valence-corrected chi connectivity index (χ1v) is 5.59. The largest absolute Gasteiger partial charge is 0.508 e. The zero-order valence-corrected chi connectivity index (χ0v) is 9.22. The van der Waals surface area contributed by atoms with E-state index in [-0.39, 0.29) is 0 Å². The van der Waals surface area contributed by atoms with E-state index in [0.29, 0.717) is 11.7 Å². The van der Waals surface area contributed by atoms with E-state index in [4.69, 9.17) is 0 Å². The van der Waals surface area contributed by atoms with Crippen LogP contribution in [0, 0.1) is 6.92 Å². The molecule has 1 aliphatic carbocycles. The van der Waals surface area contributed by atoms with Gasteiger partial charge in [0.2, 0.25) is 0 Å². The molecule has 0 spiro atoms. The Hall–Kier alpha value is -1.77. The first-order chi connectivity index (χ1) is 7.74. The highest BCUT2D eigenvalue weighted by Gasteiger charge is 2.25. The van der Waals surface area contributed by atoms with Gasteiger partial charge < -0.3 is 5.11 Å². The minimum atomic E-state index is 0.302. The molecule has 0 atom stereocenters. The predicted molar refractivity (Wildman–Crippen MR) is 61.9 cm³/mol. The van der Waals surface area contributed by atoms with Gasteiger partial charge in [0.15, 0.2) is 0 Å². The normalized spacial score (nSPS) is 15.3. The molecule has 1 saturated carbocycles. The van der Waals surface area contributed by atoms with Crippen LogP contribution in [0.1, 0.15) is 30.0 Å². The number of hydrogen-bond acceptors (Lipinski definition) is 2. The highest BCUT2D eigenvalue weighted by atomic mass is 16.3. The molecule has 16 heavy (non-hydrogen) atoms. The Balaban J connectivity index is 2.00. The molecule has 1 aromatic heterocycles. The van der Waals surface area contributed by atoms with Crippen LogP contribution in [0.25, 0.3) is 5.69 Å². The molecule has 0 aliphatic heterocycles. The Morgan fingerprint density at radius 2 is 2.12 bits per heavy atom. The van der Waals surface area contributed by atoms with Crippen LogP contribution in [-0.2, 0) is 0 Å². The maximum absolute atomic E-state index is 9.36. The lowest BCUT2D eigenvalue weighted by atomic mass is 10.2. The summed E-state index contributed by atoms with van der Waals surface area (Å²) in [6.45, 7) is 1.98. The molecule has 3 nitrogen and oxygen atoms in total. The minimum Gasteiger partial charge on any atom is -0.508 e. The molecule has 1 heterocycles. The fraction of sp³-hybridized carbons (Fsp3) is 0.308. The molecule has 3 rings (SSSR count).